The van der Waals surface area contributed by atoms with Gasteiger partial charge in [-0.05, 0) is 28.7 Å². The first kappa shape index (κ1) is 11.9. The number of rotatable bonds is 4. The van der Waals surface area contributed by atoms with Crippen LogP contribution in [0.5, 0.6) is 0 Å². The average molecular weight is 264 g/mol. The fourth-order valence-corrected chi connectivity index (χ4v) is 2.90. The average Bonchev–Trinajstić information content (AvgIpc) is 2.92. The number of hydrogen-bond acceptors (Lipinski definition) is 2. The maximum absolute atomic E-state index is 11.0. The molecule has 0 radical (unpaired) electrons. The summed E-state index contributed by atoms with van der Waals surface area (Å²) in [6.07, 6.45) is 6.99. The lowest BCUT2D eigenvalue weighted by atomic mass is 9.87. The summed E-state index contributed by atoms with van der Waals surface area (Å²) < 4.78 is 0. The van der Waals surface area contributed by atoms with E-state index in [0.717, 1.165) is 33.4 Å². The molecule has 0 saturated carbocycles. The minimum Gasteiger partial charge on any atom is -0.298 e. The summed E-state index contributed by atoms with van der Waals surface area (Å²) in [5.41, 5.74) is 4.13. The van der Waals surface area contributed by atoms with E-state index < -0.39 is 0 Å². The van der Waals surface area contributed by atoms with Crippen molar-refractivity contribution in [3.63, 3.8) is 0 Å². The molecule has 19 heavy (non-hydrogen) atoms. The zero-order chi connectivity index (χ0) is 13.1. The molecule has 0 amide bonds. The minimum atomic E-state index is 0.787. The Balaban J connectivity index is 1.90. The van der Waals surface area contributed by atoms with Gasteiger partial charge in [0.25, 0.3) is 0 Å². The van der Waals surface area contributed by atoms with E-state index in [1.165, 1.54) is 0 Å². The van der Waals surface area contributed by atoms with E-state index in [-0.39, 0.29) is 0 Å². The summed E-state index contributed by atoms with van der Waals surface area (Å²) in [6.45, 7) is 0. The third kappa shape index (κ3) is 2.35. The Morgan fingerprint density at radius 3 is 2.47 bits per heavy atom. The SMILES string of the molecule is O=CC1=CC(/C=C/c2ccccc2)=C1c1cccs1. The van der Waals surface area contributed by atoms with Gasteiger partial charge in [-0.2, -0.15) is 0 Å². The zero-order valence-corrected chi connectivity index (χ0v) is 11.1. The van der Waals surface area contributed by atoms with Crippen molar-refractivity contribution < 1.29 is 4.79 Å². The molecule has 1 aromatic carbocycles. The Hall–Kier alpha value is -2.19. The van der Waals surface area contributed by atoms with Crippen LogP contribution in [0.3, 0.4) is 0 Å². The Morgan fingerprint density at radius 1 is 0.947 bits per heavy atom. The number of allylic oxidation sites excluding steroid dienone is 5. The van der Waals surface area contributed by atoms with Crippen molar-refractivity contribution in [1.82, 2.24) is 0 Å². The Labute approximate surface area is 116 Å². The fourth-order valence-electron chi connectivity index (χ4n) is 2.08. The molecule has 0 spiro atoms. The monoisotopic (exact) mass is 264 g/mol. The number of carbonyl (C=O) groups excluding carboxylic acids is 1. The quantitative estimate of drug-likeness (QED) is 0.750. The van der Waals surface area contributed by atoms with Crippen LogP contribution < -0.4 is 0 Å². The summed E-state index contributed by atoms with van der Waals surface area (Å²) in [4.78, 5) is 12.1. The topological polar surface area (TPSA) is 17.1 Å². The zero-order valence-electron chi connectivity index (χ0n) is 10.2. The fraction of sp³-hybridized carbons (Fsp3) is 0. The normalized spacial score (nSPS) is 14.4. The van der Waals surface area contributed by atoms with Crippen LogP contribution in [0.4, 0.5) is 0 Å². The predicted octanol–water partition coefficient (Wildman–Crippen LogP) is 4.35. The van der Waals surface area contributed by atoms with Gasteiger partial charge in [-0.15, -0.1) is 11.3 Å². The van der Waals surface area contributed by atoms with Crippen LogP contribution in [0.15, 0.2) is 71.1 Å². The lowest BCUT2D eigenvalue weighted by Crippen LogP contribution is -2.02. The predicted molar refractivity (Wildman–Crippen MR) is 80.9 cm³/mol. The molecule has 1 aliphatic rings. The minimum absolute atomic E-state index is 0.787. The maximum Gasteiger partial charge on any atom is 0.150 e. The molecule has 1 nitrogen and oxygen atoms in total. The van der Waals surface area contributed by atoms with Gasteiger partial charge in [-0.25, -0.2) is 0 Å². The molecule has 2 heteroatoms. The van der Waals surface area contributed by atoms with Crippen LogP contribution in [-0.4, -0.2) is 6.29 Å². The summed E-state index contributed by atoms with van der Waals surface area (Å²) in [5, 5.41) is 2.03. The second kappa shape index (κ2) is 5.21. The van der Waals surface area contributed by atoms with E-state index in [1.807, 2.05) is 41.8 Å². The van der Waals surface area contributed by atoms with Crippen LogP contribution in [-0.2, 0) is 4.79 Å². The van der Waals surface area contributed by atoms with E-state index in [4.69, 9.17) is 0 Å². The number of carbonyl (C=O) groups is 1. The molecular weight excluding hydrogens is 252 g/mol. The van der Waals surface area contributed by atoms with Crippen molar-refractivity contribution in [3.05, 3.63) is 81.6 Å². The van der Waals surface area contributed by atoms with Gasteiger partial charge in [0.2, 0.25) is 0 Å². The van der Waals surface area contributed by atoms with Crippen molar-refractivity contribution in [2.24, 2.45) is 0 Å². The summed E-state index contributed by atoms with van der Waals surface area (Å²) in [6, 6.07) is 14.2. The Morgan fingerprint density at radius 2 is 1.79 bits per heavy atom. The molecule has 92 valence electrons. The molecule has 1 aromatic heterocycles. The third-order valence-electron chi connectivity index (χ3n) is 3.04. The molecule has 0 saturated heterocycles. The highest BCUT2D eigenvalue weighted by Gasteiger charge is 2.19. The van der Waals surface area contributed by atoms with E-state index in [9.17, 15) is 4.79 Å². The van der Waals surface area contributed by atoms with Crippen LogP contribution >= 0.6 is 11.3 Å². The van der Waals surface area contributed by atoms with Crippen molar-refractivity contribution >= 4 is 29.3 Å². The van der Waals surface area contributed by atoms with Gasteiger partial charge in [-0.3, -0.25) is 4.79 Å². The number of benzene rings is 1. The second-order valence-electron chi connectivity index (χ2n) is 4.27. The third-order valence-corrected chi connectivity index (χ3v) is 3.93. The van der Waals surface area contributed by atoms with Gasteiger partial charge in [0.1, 0.15) is 0 Å². The van der Waals surface area contributed by atoms with Gasteiger partial charge in [0.15, 0.2) is 6.29 Å². The molecule has 0 atom stereocenters. The standard InChI is InChI=1S/C17H12OS/c18-12-15-11-14(17(15)16-7-4-10-19-16)9-8-13-5-2-1-3-6-13/h1-12H/b9-8+. The number of aldehydes is 1. The highest BCUT2D eigenvalue weighted by Crippen LogP contribution is 2.38. The van der Waals surface area contributed by atoms with Crippen molar-refractivity contribution in [3.8, 4) is 0 Å². The van der Waals surface area contributed by atoms with E-state index >= 15 is 0 Å². The maximum atomic E-state index is 11.0. The van der Waals surface area contributed by atoms with Crippen LogP contribution in [0.1, 0.15) is 10.4 Å². The van der Waals surface area contributed by atoms with Crippen LogP contribution in [0, 0.1) is 0 Å². The number of hydrogen-bond donors (Lipinski definition) is 0. The van der Waals surface area contributed by atoms with Crippen LogP contribution in [0.2, 0.25) is 0 Å². The molecule has 1 aliphatic carbocycles. The first-order chi connectivity index (χ1) is 9.38. The highest BCUT2D eigenvalue weighted by atomic mass is 32.1. The van der Waals surface area contributed by atoms with E-state index in [2.05, 4.69) is 24.3 Å². The summed E-state index contributed by atoms with van der Waals surface area (Å²) in [5.74, 6) is 0. The molecule has 0 unspecified atom stereocenters. The molecule has 0 N–H and O–H groups in total. The van der Waals surface area contributed by atoms with Crippen molar-refractivity contribution in [2.45, 2.75) is 0 Å². The van der Waals surface area contributed by atoms with Crippen molar-refractivity contribution in [1.29, 1.82) is 0 Å². The van der Waals surface area contributed by atoms with Crippen molar-refractivity contribution in [2.75, 3.05) is 0 Å². The molecule has 3 rings (SSSR count). The lowest BCUT2D eigenvalue weighted by molar-refractivity contribution is -0.104. The largest absolute Gasteiger partial charge is 0.298 e. The van der Waals surface area contributed by atoms with Gasteiger partial charge >= 0.3 is 0 Å². The van der Waals surface area contributed by atoms with Gasteiger partial charge in [0.05, 0.1) is 0 Å². The van der Waals surface area contributed by atoms with E-state index in [0.29, 0.717) is 0 Å². The summed E-state index contributed by atoms with van der Waals surface area (Å²) >= 11 is 1.66. The van der Waals surface area contributed by atoms with Crippen LogP contribution in [0.25, 0.3) is 11.6 Å². The molecule has 0 fully saturated rings. The molecular formula is C17H12OS. The lowest BCUT2D eigenvalue weighted by Gasteiger charge is -2.17. The Kier molecular flexibility index (Phi) is 3.25. The molecule has 1 heterocycles. The Bertz CT molecular complexity index is 673. The summed E-state index contributed by atoms with van der Waals surface area (Å²) in [7, 11) is 0. The number of thiophene rings is 1. The smallest absolute Gasteiger partial charge is 0.150 e. The molecule has 2 aromatic rings. The second-order valence-corrected chi connectivity index (χ2v) is 5.22. The first-order valence-corrected chi connectivity index (χ1v) is 6.95. The van der Waals surface area contributed by atoms with Gasteiger partial charge in [0, 0.05) is 16.0 Å². The first-order valence-electron chi connectivity index (χ1n) is 6.07. The van der Waals surface area contributed by atoms with Gasteiger partial charge in [-0.1, -0.05) is 48.6 Å². The molecule has 0 aliphatic heterocycles. The van der Waals surface area contributed by atoms with Gasteiger partial charge < -0.3 is 0 Å². The highest BCUT2D eigenvalue weighted by molar-refractivity contribution is 7.11. The van der Waals surface area contributed by atoms with E-state index in [1.54, 1.807) is 11.3 Å². The molecule has 0 bridgehead atoms.